The van der Waals surface area contributed by atoms with Crippen molar-refractivity contribution in [3.05, 3.63) is 0 Å². The average molecular weight is 170 g/mol. The molecule has 0 saturated carbocycles. The standard InChI is InChI=1S/C9H18N2O/c1-8(2)5-6(7(10)11)9(3,4)12-8/h6H,5H2,1-4H3,(H3,10,11). The molecule has 12 heavy (non-hydrogen) atoms. The highest BCUT2D eigenvalue weighted by atomic mass is 16.5. The first-order valence-corrected chi connectivity index (χ1v) is 4.29. The Labute approximate surface area is 73.8 Å². The largest absolute Gasteiger partial charge is 0.387 e. The fraction of sp³-hybridized carbons (Fsp3) is 0.889. The molecule has 1 atom stereocenters. The number of hydrogen-bond donors (Lipinski definition) is 2. The Morgan fingerprint density at radius 3 is 2.08 bits per heavy atom. The minimum absolute atomic E-state index is 0.0625. The van der Waals surface area contributed by atoms with Crippen LogP contribution >= 0.6 is 0 Å². The summed E-state index contributed by atoms with van der Waals surface area (Å²) in [7, 11) is 0. The van der Waals surface area contributed by atoms with E-state index in [1.54, 1.807) is 0 Å². The van der Waals surface area contributed by atoms with Crippen LogP contribution < -0.4 is 5.73 Å². The highest BCUT2D eigenvalue weighted by Crippen LogP contribution is 2.41. The summed E-state index contributed by atoms with van der Waals surface area (Å²) < 4.78 is 5.79. The molecule has 0 aromatic heterocycles. The number of rotatable bonds is 1. The van der Waals surface area contributed by atoms with Crippen molar-refractivity contribution in [1.29, 1.82) is 5.41 Å². The Morgan fingerprint density at radius 1 is 1.42 bits per heavy atom. The Hall–Kier alpha value is -0.570. The fourth-order valence-electron chi connectivity index (χ4n) is 2.05. The van der Waals surface area contributed by atoms with Gasteiger partial charge in [-0.1, -0.05) is 0 Å². The molecule has 3 heteroatoms. The number of amidine groups is 1. The Balaban J connectivity index is 2.85. The third-order valence-electron chi connectivity index (χ3n) is 2.45. The van der Waals surface area contributed by atoms with E-state index < -0.39 is 0 Å². The molecule has 0 spiro atoms. The van der Waals surface area contributed by atoms with E-state index >= 15 is 0 Å². The summed E-state index contributed by atoms with van der Waals surface area (Å²) in [6.45, 7) is 8.07. The van der Waals surface area contributed by atoms with Crippen molar-refractivity contribution in [2.75, 3.05) is 0 Å². The van der Waals surface area contributed by atoms with Crippen LogP contribution in [0.4, 0.5) is 0 Å². The molecule has 1 aliphatic heterocycles. The molecule has 0 bridgehead atoms. The van der Waals surface area contributed by atoms with Crippen molar-refractivity contribution in [1.82, 2.24) is 0 Å². The second-order valence-electron chi connectivity index (χ2n) is 4.68. The van der Waals surface area contributed by atoms with Crippen LogP contribution in [-0.2, 0) is 4.74 Å². The zero-order chi connectivity index (χ0) is 9.57. The van der Waals surface area contributed by atoms with Crippen molar-refractivity contribution in [2.45, 2.75) is 45.3 Å². The van der Waals surface area contributed by atoms with Crippen LogP contribution in [0.3, 0.4) is 0 Å². The second kappa shape index (κ2) is 2.46. The fourth-order valence-corrected chi connectivity index (χ4v) is 2.05. The van der Waals surface area contributed by atoms with Gasteiger partial charge in [-0.3, -0.25) is 5.41 Å². The van der Waals surface area contributed by atoms with E-state index in [1.165, 1.54) is 0 Å². The Bertz CT molecular complexity index is 209. The van der Waals surface area contributed by atoms with Gasteiger partial charge in [0, 0.05) is 5.92 Å². The topological polar surface area (TPSA) is 59.1 Å². The number of nitrogens with two attached hydrogens (primary N) is 1. The van der Waals surface area contributed by atoms with Crippen LogP contribution in [0.15, 0.2) is 0 Å². The molecule has 1 rings (SSSR count). The lowest BCUT2D eigenvalue weighted by Gasteiger charge is -2.26. The minimum Gasteiger partial charge on any atom is -0.387 e. The first-order chi connectivity index (χ1) is 5.25. The lowest BCUT2D eigenvalue weighted by Crippen LogP contribution is -2.36. The molecular formula is C9H18N2O. The highest BCUT2D eigenvalue weighted by Gasteiger charge is 2.47. The molecule has 0 aliphatic carbocycles. The normalized spacial score (nSPS) is 31.8. The monoisotopic (exact) mass is 170 g/mol. The molecule has 0 amide bonds. The zero-order valence-corrected chi connectivity index (χ0v) is 8.27. The maximum Gasteiger partial charge on any atom is 0.0967 e. The summed E-state index contributed by atoms with van der Waals surface area (Å²) >= 11 is 0. The number of nitrogens with one attached hydrogen (secondary N) is 1. The lowest BCUT2D eigenvalue weighted by molar-refractivity contribution is -0.0692. The maximum atomic E-state index is 7.42. The van der Waals surface area contributed by atoms with Crippen LogP contribution in [0.2, 0.25) is 0 Å². The van der Waals surface area contributed by atoms with Crippen molar-refractivity contribution in [3.63, 3.8) is 0 Å². The predicted molar refractivity (Wildman–Crippen MR) is 49.3 cm³/mol. The predicted octanol–water partition coefficient (Wildman–Crippen LogP) is 1.52. The summed E-state index contributed by atoms with van der Waals surface area (Å²) in [6, 6.07) is 0. The van der Waals surface area contributed by atoms with Crippen molar-refractivity contribution in [3.8, 4) is 0 Å². The van der Waals surface area contributed by atoms with E-state index in [0.717, 1.165) is 6.42 Å². The summed E-state index contributed by atoms with van der Waals surface area (Å²) in [5, 5.41) is 7.42. The van der Waals surface area contributed by atoms with Gasteiger partial charge in [0.1, 0.15) is 0 Å². The molecule has 1 fully saturated rings. The zero-order valence-electron chi connectivity index (χ0n) is 8.27. The van der Waals surface area contributed by atoms with Crippen molar-refractivity contribution < 1.29 is 4.74 Å². The lowest BCUT2D eigenvalue weighted by atomic mass is 9.86. The van der Waals surface area contributed by atoms with Gasteiger partial charge in [0.2, 0.25) is 0 Å². The Morgan fingerprint density at radius 2 is 1.92 bits per heavy atom. The van der Waals surface area contributed by atoms with Gasteiger partial charge < -0.3 is 10.5 Å². The van der Waals surface area contributed by atoms with Gasteiger partial charge in [-0.15, -0.1) is 0 Å². The van der Waals surface area contributed by atoms with Gasteiger partial charge in [0.25, 0.3) is 0 Å². The molecular weight excluding hydrogens is 152 g/mol. The first kappa shape index (κ1) is 9.52. The van der Waals surface area contributed by atoms with Gasteiger partial charge in [-0.2, -0.15) is 0 Å². The molecule has 0 radical (unpaired) electrons. The summed E-state index contributed by atoms with van der Waals surface area (Å²) in [4.78, 5) is 0. The van der Waals surface area contributed by atoms with Crippen LogP contribution in [-0.4, -0.2) is 17.0 Å². The highest BCUT2D eigenvalue weighted by molar-refractivity contribution is 5.81. The average Bonchev–Trinajstić information content (AvgIpc) is 1.99. The molecule has 1 saturated heterocycles. The van der Waals surface area contributed by atoms with E-state index in [4.69, 9.17) is 15.9 Å². The molecule has 70 valence electrons. The molecule has 1 aliphatic rings. The van der Waals surface area contributed by atoms with Crippen LogP contribution in [0.25, 0.3) is 0 Å². The van der Waals surface area contributed by atoms with E-state index in [9.17, 15) is 0 Å². The molecule has 3 N–H and O–H groups in total. The van der Waals surface area contributed by atoms with E-state index in [-0.39, 0.29) is 23.0 Å². The van der Waals surface area contributed by atoms with Crippen LogP contribution in [0, 0.1) is 11.3 Å². The van der Waals surface area contributed by atoms with Crippen molar-refractivity contribution >= 4 is 5.84 Å². The van der Waals surface area contributed by atoms with E-state index in [0.29, 0.717) is 0 Å². The van der Waals surface area contributed by atoms with Gasteiger partial charge in [-0.25, -0.2) is 0 Å². The molecule has 1 unspecified atom stereocenters. The summed E-state index contributed by atoms with van der Waals surface area (Å²) in [5.41, 5.74) is 5.08. The molecule has 3 nitrogen and oxygen atoms in total. The molecule has 1 heterocycles. The number of ether oxygens (including phenoxy) is 1. The summed E-state index contributed by atoms with van der Waals surface area (Å²) in [6.07, 6.45) is 0.843. The van der Waals surface area contributed by atoms with Crippen LogP contribution in [0.5, 0.6) is 0 Å². The van der Waals surface area contributed by atoms with Gasteiger partial charge >= 0.3 is 0 Å². The third-order valence-corrected chi connectivity index (χ3v) is 2.45. The van der Waals surface area contributed by atoms with Crippen molar-refractivity contribution in [2.24, 2.45) is 11.7 Å². The number of hydrogen-bond acceptors (Lipinski definition) is 2. The quantitative estimate of drug-likeness (QED) is 0.463. The van der Waals surface area contributed by atoms with Gasteiger partial charge in [0.05, 0.1) is 17.0 Å². The first-order valence-electron chi connectivity index (χ1n) is 4.29. The second-order valence-corrected chi connectivity index (χ2v) is 4.68. The Kier molecular flexibility index (Phi) is 1.95. The van der Waals surface area contributed by atoms with Gasteiger partial charge in [-0.05, 0) is 34.1 Å². The SMILES string of the molecule is CC1(C)CC(C(=N)N)C(C)(C)O1. The van der Waals surface area contributed by atoms with E-state index in [1.807, 2.05) is 27.7 Å². The van der Waals surface area contributed by atoms with E-state index in [2.05, 4.69) is 0 Å². The molecule has 0 aromatic rings. The third kappa shape index (κ3) is 1.61. The molecule has 0 aromatic carbocycles. The van der Waals surface area contributed by atoms with Gasteiger partial charge in [0.15, 0.2) is 0 Å². The smallest absolute Gasteiger partial charge is 0.0967 e. The maximum absolute atomic E-state index is 7.42. The van der Waals surface area contributed by atoms with Crippen LogP contribution in [0.1, 0.15) is 34.1 Å². The minimum atomic E-state index is -0.282. The summed E-state index contributed by atoms with van der Waals surface area (Å²) in [5.74, 6) is 0.304.